The number of benzene rings is 1. The monoisotopic (exact) mass is 340 g/mol. The number of hydrogen-bond donors (Lipinski definition) is 1. The van der Waals surface area contributed by atoms with E-state index in [9.17, 15) is 9.50 Å². The lowest BCUT2D eigenvalue weighted by atomic mass is 10.1. The maximum Gasteiger partial charge on any atom is 0.124 e. The highest BCUT2D eigenvalue weighted by atomic mass is 79.9. The molecule has 0 radical (unpaired) electrons. The summed E-state index contributed by atoms with van der Waals surface area (Å²) in [6.07, 6.45) is 1.60. The molecular formula is C15H18BrFN2O. The molecule has 0 saturated heterocycles. The van der Waals surface area contributed by atoms with Crippen LogP contribution < -0.4 is 0 Å². The first-order valence-electron chi connectivity index (χ1n) is 6.72. The fraction of sp³-hybridized carbons (Fsp3) is 0.400. The van der Waals surface area contributed by atoms with Gasteiger partial charge in [-0.3, -0.25) is 4.68 Å². The van der Waals surface area contributed by atoms with Crippen molar-refractivity contribution in [3.63, 3.8) is 0 Å². The van der Waals surface area contributed by atoms with Crippen molar-refractivity contribution in [3.05, 3.63) is 51.0 Å². The van der Waals surface area contributed by atoms with Gasteiger partial charge in [-0.2, -0.15) is 5.10 Å². The van der Waals surface area contributed by atoms with E-state index in [-0.39, 0.29) is 12.4 Å². The number of aromatic nitrogens is 2. The Bertz CT molecular complexity index is 610. The van der Waals surface area contributed by atoms with Gasteiger partial charge in [-0.1, -0.05) is 35.8 Å². The van der Waals surface area contributed by atoms with Crippen LogP contribution in [0, 0.1) is 5.82 Å². The van der Waals surface area contributed by atoms with Crippen molar-refractivity contribution in [3.8, 4) is 0 Å². The molecule has 1 N–H and O–H groups in total. The van der Waals surface area contributed by atoms with Gasteiger partial charge in [-0.05, 0) is 30.5 Å². The number of aliphatic hydroxyl groups is 1. The molecule has 2 aromatic rings. The van der Waals surface area contributed by atoms with Crippen molar-refractivity contribution in [2.75, 3.05) is 0 Å². The van der Waals surface area contributed by atoms with Crippen LogP contribution in [0.2, 0.25) is 0 Å². The SMILES string of the molecule is CCc1nn(Cc2ccc(F)cc2Br)c(CC)c1CO. The standard InChI is InChI=1S/C15H18BrFN2O/c1-3-14-12(9-20)15(4-2)19(18-14)8-10-5-6-11(17)7-13(10)16/h5-7,20H,3-4,8-9H2,1-2H3. The molecule has 5 heteroatoms. The van der Waals surface area contributed by atoms with Crippen LogP contribution >= 0.6 is 15.9 Å². The van der Waals surface area contributed by atoms with Crippen LogP contribution in [0.4, 0.5) is 4.39 Å². The number of halogens is 2. The minimum Gasteiger partial charge on any atom is -0.392 e. The molecule has 0 aliphatic rings. The summed E-state index contributed by atoms with van der Waals surface area (Å²) >= 11 is 3.38. The fourth-order valence-corrected chi connectivity index (χ4v) is 2.87. The summed E-state index contributed by atoms with van der Waals surface area (Å²) in [6.45, 7) is 4.65. The summed E-state index contributed by atoms with van der Waals surface area (Å²) in [7, 11) is 0. The van der Waals surface area contributed by atoms with Gasteiger partial charge in [0.2, 0.25) is 0 Å². The van der Waals surface area contributed by atoms with Crippen LogP contribution in [0.1, 0.15) is 36.4 Å². The fourth-order valence-electron chi connectivity index (χ4n) is 2.39. The van der Waals surface area contributed by atoms with Gasteiger partial charge >= 0.3 is 0 Å². The first kappa shape index (κ1) is 15.2. The summed E-state index contributed by atoms with van der Waals surface area (Å²) in [5, 5.41) is 14.1. The zero-order valence-electron chi connectivity index (χ0n) is 11.7. The lowest BCUT2D eigenvalue weighted by Crippen LogP contribution is -2.07. The van der Waals surface area contributed by atoms with Gasteiger partial charge in [-0.15, -0.1) is 0 Å². The van der Waals surface area contributed by atoms with Gasteiger partial charge in [0.25, 0.3) is 0 Å². The second kappa shape index (κ2) is 6.50. The highest BCUT2D eigenvalue weighted by Crippen LogP contribution is 2.22. The molecule has 1 heterocycles. The molecule has 0 spiro atoms. The molecule has 0 saturated carbocycles. The van der Waals surface area contributed by atoms with Gasteiger partial charge in [-0.25, -0.2) is 4.39 Å². The Kier molecular flexibility index (Phi) is 4.94. The molecule has 0 aliphatic heterocycles. The van der Waals surface area contributed by atoms with Gasteiger partial charge in [0.15, 0.2) is 0 Å². The first-order valence-corrected chi connectivity index (χ1v) is 7.52. The smallest absolute Gasteiger partial charge is 0.124 e. The lowest BCUT2D eigenvalue weighted by Gasteiger charge is -2.09. The third-order valence-electron chi connectivity index (χ3n) is 3.41. The third kappa shape index (κ3) is 2.94. The molecule has 0 amide bonds. The van der Waals surface area contributed by atoms with Crippen LogP contribution in [-0.4, -0.2) is 14.9 Å². The van der Waals surface area contributed by atoms with E-state index in [1.807, 2.05) is 18.5 Å². The molecule has 108 valence electrons. The summed E-state index contributed by atoms with van der Waals surface area (Å²) in [4.78, 5) is 0. The predicted molar refractivity (Wildman–Crippen MR) is 80.1 cm³/mol. The molecule has 1 aromatic carbocycles. The minimum atomic E-state index is -0.262. The van der Waals surface area contributed by atoms with Crippen LogP contribution in [0.25, 0.3) is 0 Å². The molecule has 2 rings (SSSR count). The molecule has 0 bridgehead atoms. The number of aryl methyl sites for hydroxylation is 1. The topological polar surface area (TPSA) is 38.0 Å². The maximum atomic E-state index is 13.1. The third-order valence-corrected chi connectivity index (χ3v) is 4.15. The zero-order valence-corrected chi connectivity index (χ0v) is 13.2. The number of nitrogens with zero attached hydrogens (tertiary/aromatic N) is 2. The van der Waals surface area contributed by atoms with E-state index in [1.54, 1.807) is 6.07 Å². The average molecular weight is 341 g/mol. The molecule has 0 atom stereocenters. The summed E-state index contributed by atoms with van der Waals surface area (Å²) in [5.74, 6) is -0.262. The Hall–Kier alpha value is -1.20. The van der Waals surface area contributed by atoms with E-state index in [1.165, 1.54) is 12.1 Å². The molecule has 20 heavy (non-hydrogen) atoms. The number of aliphatic hydroxyl groups excluding tert-OH is 1. The summed E-state index contributed by atoms with van der Waals surface area (Å²) < 4.78 is 15.8. The van der Waals surface area contributed by atoms with E-state index in [4.69, 9.17) is 0 Å². The molecule has 0 unspecified atom stereocenters. The first-order chi connectivity index (χ1) is 9.60. The van der Waals surface area contributed by atoms with Crippen molar-refractivity contribution in [2.24, 2.45) is 0 Å². The van der Waals surface area contributed by atoms with Crippen LogP contribution in [0.5, 0.6) is 0 Å². The minimum absolute atomic E-state index is 0.0108. The largest absolute Gasteiger partial charge is 0.392 e. The van der Waals surface area contributed by atoms with Crippen molar-refractivity contribution in [1.29, 1.82) is 0 Å². The van der Waals surface area contributed by atoms with E-state index in [2.05, 4.69) is 21.0 Å². The van der Waals surface area contributed by atoms with E-state index < -0.39 is 0 Å². The Labute approximate surface area is 126 Å². The Morgan fingerprint density at radius 3 is 2.60 bits per heavy atom. The average Bonchev–Trinajstić information content (AvgIpc) is 2.78. The number of rotatable bonds is 5. The Morgan fingerprint density at radius 1 is 1.30 bits per heavy atom. The summed E-state index contributed by atoms with van der Waals surface area (Å²) in [6, 6.07) is 4.66. The van der Waals surface area contributed by atoms with Gasteiger partial charge in [0.1, 0.15) is 5.82 Å². The molecule has 1 aromatic heterocycles. The summed E-state index contributed by atoms with van der Waals surface area (Å²) in [5.41, 5.74) is 3.87. The highest BCUT2D eigenvalue weighted by molar-refractivity contribution is 9.10. The van der Waals surface area contributed by atoms with Gasteiger partial charge in [0.05, 0.1) is 18.8 Å². The second-order valence-corrected chi connectivity index (χ2v) is 5.48. The van der Waals surface area contributed by atoms with Crippen molar-refractivity contribution >= 4 is 15.9 Å². The van der Waals surface area contributed by atoms with Crippen LogP contribution in [0.3, 0.4) is 0 Å². The van der Waals surface area contributed by atoms with Gasteiger partial charge in [0, 0.05) is 15.7 Å². The molecule has 0 aliphatic carbocycles. The van der Waals surface area contributed by atoms with Crippen LogP contribution in [0.15, 0.2) is 22.7 Å². The quantitative estimate of drug-likeness (QED) is 0.905. The van der Waals surface area contributed by atoms with Crippen molar-refractivity contribution < 1.29 is 9.50 Å². The zero-order chi connectivity index (χ0) is 14.7. The van der Waals surface area contributed by atoms with E-state index >= 15 is 0 Å². The normalized spacial score (nSPS) is 11.1. The maximum absolute atomic E-state index is 13.1. The molecule has 3 nitrogen and oxygen atoms in total. The van der Waals surface area contributed by atoms with Crippen molar-refractivity contribution in [1.82, 2.24) is 9.78 Å². The molecule has 0 fully saturated rings. The highest BCUT2D eigenvalue weighted by Gasteiger charge is 2.15. The van der Waals surface area contributed by atoms with Crippen LogP contribution in [-0.2, 0) is 26.0 Å². The van der Waals surface area contributed by atoms with Gasteiger partial charge < -0.3 is 5.11 Å². The lowest BCUT2D eigenvalue weighted by molar-refractivity contribution is 0.279. The number of hydrogen-bond acceptors (Lipinski definition) is 2. The molecular weight excluding hydrogens is 323 g/mol. The van der Waals surface area contributed by atoms with Crippen molar-refractivity contribution in [2.45, 2.75) is 39.8 Å². The Morgan fingerprint density at radius 2 is 2.05 bits per heavy atom. The van der Waals surface area contributed by atoms with E-state index in [0.29, 0.717) is 6.54 Å². The Balaban J connectivity index is 2.40. The van der Waals surface area contributed by atoms with E-state index in [0.717, 1.165) is 39.8 Å². The second-order valence-electron chi connectivity index (χ2n) is 4.63. The predicted octanol–water partition coefficient (Wildman–Crippen LogP) is 3.45.